The molecule has 0 spiro atoms. The Morgan fingerprint density at radius 2 is 2.22 bits per heavy atom. The van der Waals surface area contributed by atoms with Crippen LogP contribution in [0.4, 0.5) is 5.69 Å². The minimum atomic E-state index is -0.439. The second kappa shape index (κ2) is 7.52. The first-order valence-corrected chi connectivity index (χ1v) is 7.67. The molecule has 7 heteroatoms. The number of nitro benzene ring substituents is 1. The maximum atomic E-state index is 12.7. The van der Waals surface area contributed by atoms with E-state index < -0.39 is 4.92 Å². The molecule has 1 fully saturated rings. The van der Waals surface area contributed by atoms with Crippen molar-refractivity contribution in [2.45, 2.75) is 32.5 Å². The van der Waals surface area contributed by atoms with Crippen molar-refractivity contribution in [3.8, 4) is 0 Å². The molecule has 126 valence electrons. The maximum Gasteiger partial charge on any atom is 0.273 e. The molecule has 1 aliphatic heterocycles. The second-order valence-corrected chi connectivity index (χ2v) is 5.69. The highest BCUT2D eigenvalue weighted by Gasteiger charge is 2.29. The van der Waals surface area contributed by atoms with E-state index in [-0.39, 0.29) is 23.8 Å². The van der Waals surface area contributed by atoms with Crippen molar-refractivity contribution in [2.75, 3.05) is 26.8 Å². The summed E-state index contributed by atoms with van der Waals surface area (Å²) in [5.41, 5.74) is 0.950. The zero-order valence-electron chi connectivity index (χ0n) is 13.7. The lowest BCUT2D eigenvalue weighted by atomic mass is 10.1. The van der Waals surface area contributed by atoms with E-state index in [0.717, 1.165) is 0 Å². The Labute approximate surface area is 135 Å². The highest BCUT2D eigenvalue weighted by atomic mass is 16.6. The largest absolute Gasteiger partial charge is 0.382 e. The van der Waals surface area contributed by atoms with Gasteiger partial charge in [-0.1, -0.05) is 13.0 Å². The molecule has 1 aromatic carbocycles. The van der Waals surface area contributed by atoms with Gasteiger partial charge < -0.3 is 14.4 Å². The molecule has 1 saturated heterocycles. The number of methoxy groups -OCH3 is 1. The third kappa shape index (κ3) is 4.05. The van der Waals surface area contributed by atoms with Crippen molar-refractivity contribution >= 4 is 11.6 Å². The van der Waals surface area contributed by atoms with Crippen LogP contribution in [0.3, 0.4) is 0 Å². The van der Waals surface area contributed by atoms with Gasteiger partial charge in [-0.15, -0.1) is 0 Å². The van der Waals surface area contributed by atoms with Crippen molar-refractivity contribution in [1.29, 1.82) is 0 Å². The van der Waals surface area contributed by atoms with E-state index in [4.69, 9.17) is 9.47 Å². The van der Waals surface area contributed by atoms with Crippen molar-refractivity contribution in [3.05, 3.63) is 39.4 Å². The van der Waals surface area contributed by atoms with E-state index in [1.165, 1.54) is 6.07 Å². The molecule has 2 rings (SSSR count). The predicted octanol–water partition coefficient (Wildman–Crippen LogP) is 2.03. The molecule has 0 N–H and O–H groups in total. The Balaban J connectivity index is 2.22. The van der Waals surface area contributed by atoms with Gasteiger partial charge in [-0.3, -0.25) is 14.9 Å². The van der Waals surface area contributed by atoms with Crippen LogP contribution < -0.4 is 0 Å². The van der Waals surface area contributed by atoms with Crippen LogP contribution in [0.15, 0.2) is 18.2 Å². The quantitative estimate of drug-likeness (QED) is 0.612. The number of amides is 1. The Kier molecular flexibility index (Phi) is 5.68. The lowest BCUT2D eigenvalue weighted by Gasteiger charge is -2.36. The summed E-state index contributed by atoms with van der Waals surface area (Å²) in [5.74, 6) is -0.216. The third-order valence-corrected chi connectivity index (χ3v) is 3.88. The van der Waals surface area contributed by atoms with E-state index in [1.807, 2.05) is 13.8 Å². The van der Waals surface area contributed by atoms with Crippen LogP contribution in [-0.2, 0) is 15.9 Å². The molecule has 1 aliphatic rings. The molecule has 0 unspecified atom stereocenters. The lowest BCUT2D eigenvalue weighted by Crippen LogP contribution is -2.50. The van der Waals surface area contributed by atoms with E-state index in [2.05, 4.69) is 0 Å². The number of morpholine rings is 1. The first-order chi connectivity index (χ1) is 11.0. The number of carbonyl (C=O) groups is 1. The highest BCUT2D eigenvalue weighted by Crippen LogP contribution is 2.23. The van der Waals surface area contributed by atoms with E-state index in [0.29, 0.717) is 37.2 Å². The first kappa shape index (κ1) is 17.4. The monoisotopic (exact) mass is 322 g/mol. The minimum Gasteiger partial charge on any atom is -0.382 e. The first-order valence-electron chi connectivity index (χ1n) is 7.67. The normalized spacial score (nSPS) is 21.3. The summed E-state index contributed by atoms with van der Waals surface area (Å²) in [4.78, 5) is 25.1. The molecule has 1 aromatic rings. The Morgan fingerprint density at radius 1 is 1.48 bits per heavy atom. The number of rotatable bonds is 5. The number of hydrogen-bond donors (Lipinski definition) is 0. The molecule has 7 nitrogen and oxygen atoms in total. The van der Waals surface area contributed by atoms with E-state index >= 15 is 0 Å². The van der Waals surface area contributed by atoms with Crippen LogP contribution >= 0.6 is 0 Å². The Bertz CT molecular complexity index is 590. The van der Waals surface area contributed by atoms with Crippen LogP contribution in [0.25, 0.3) is 0 Å². The van der Waals surface area contributed by atoms with Gasteiger partial charge >= 0.3 is 0 Å². The molecule has 0 aliphatic carbocycles. The van der Waals surface area contributed by atoms with E-state index in [9.17, 15) is 14.9 Å². The number of benzene rings is 1. The van der Waals surface area contributed by atoms with Crippen LogP contribution in [0.5, 0.6) is 0 Å². The van der Waals surface area contributed by atoms with Crippen LogP contribution in [0, 0.1) is 10.1 Å². The van der Waals surface area contributed by atoms with Gasteiger partial charge in [0.2, 0.25) is 0 Å². The summed E-state index contributed by atoms with van der Waals surface area (Å²) in [5, 5.41) is 11.2. The van der Waals surface area contributed by atoms with Crippen molar-refractivity contribution < 1.29 is 19.2 Å². The van der Waals surface area contributed by atoms with Gasteiger partial charge in [0.05, 0.1) is 23.7 Å². The molecule has 2 atom stereocenters. The fraction of sp³-hybridized carbons (Fsp3) is 0.562. The molecule has 0 bridgehead atoms. The Hall–Kier alpha value is -1.99. The van der Waals surface area contributed by atoms with Crippen molar-refractivity contribution in [3.63, 3.8) is 0 Å². The molecule has 0 saturated carbocycles. The molecular weight excluding hydrogens is 300 g/mol. The lowest BCUT2D eigenvalue weighted by molar-refractivity contribution is -0.385. The minimum absolute atomic E-state index is 0.00639. The predicted molar refractivity (Wildman–Crippen MR) is 84.6 cm³/mol. The SMILES string of the molecule is CCc1ccc(C(=O)N2C[C@@H](COC)O[C@@H](C)C2)cc1[N+](=O)[O-]. The highest BCUT2D eigenvalue weighted by molar-refractivity contribution is 5.95. The zero-order chi connectivity index (χ0) is 17.0. The van der Waals surface area contributed by atoms with Gasteiger partial charge in [-0.25, -0.2) is 0 Å². The third-order valence-electron chi connectivity index (χ3n) is 3.88. The number of nitrogens with zero attached hydrogens (tertiary/aromatic N) is 2. The molecule has 0 aromatic heterocycles. The average molecular weight is 322 g/mol. The number of hydrogen-bond acceptors (Lipinski definition) is 5. The van der Waals surface area contributed by atoms with Crippen LogP contribution in [-0.4, -0.2) is 54.7 Å². The smallest absolute Gasteiger partial charge is 0.273 e. The topological polar surface area (TPSA) is 81.9 Å². The van der Waals surface area contributed by atoms with Crippen LogP contribution in [0.2, 0.25) is 0 Å². The van der Waals surface area contributed by atoms with E-state index in [1.54, 1.807) is 24.1 Å². The summed E-state index contributed by atoms with van der Waals surface area (Å²) in [7, 11) is 1.58. The summed E-state index contributed by atoms with van der Waals surface area (Å²) in [6.45, 7) is 5.03. The zero-order valence-corrected chi connectivity index (χ0v) is 13.7. The average Bonchev–Trinajstić information content (AvgIpc) is 2.53. The number of nitro groups is 1. The number of ether oxygens (including phenoxy) is 2. The van der Waals surface area contributed by atoms with Gasteiger partial charge in [0.1, 0.15) is 0 Å². The second-order valence-electron chi connectivity index (χ2n) is 5.69. The number of aryl methyl sites for hydroxylation is 1. The summed E-state index contributed by atoms with van der Waals surface area (Å²) in [6.07, 6.45) is 0.269. The molecule has 1 heterocycles. The Morgan fingerprint density at radius 3 is 2.83 bits per heavy atom. The van der Waals surface area contributed by atoms with Gasteiger partial charge in [-0.05, 0) is 19.4 Å². The molecule has 23 heavy (non-hydrogen) atoms. The van der Waals surface area contributed by atoms with Gasteiger partial charge in [0.25, 0.3) is 11.6 Å². The molecule has 0 radical (unpaired) electrons. The standard InChI is InChI=1S/C16H22N2O5/c1-4-12-5-6-13(7-15(12)18(20)21)16(19)17-8-11(2)23-14(9-17)10-22-3/h5-7,11,14H,4,8-10H2,1-3H3/t11-,14-/m0/s1. The van der Waals surface area contributed by atoms with Crippen molar-refractivity contribution in [1.82, 2.24) is 4.90 Å². The fourth-order valence-corrected chi connectivity index (χ4v) is 2.84. The molecular formula is C16H22N2O5. The fourth-order valence-electron chi connectivity index (χ4n) is 2.84. The maximum absolute atomic E-state index is 12.7. The van der Waals surface area contributed by atoms with Gasteiger partial charge in [-0.2, -0.15) is 0 Å². The van der Waals surface area contributed by atoms with Crippen molar-refractivity contribution in [2.24, 2.45) is 0 Å². The summed E-state index contributed by atoms with van der Waals surface area (Å²) in [6, 6.07) is 4.67. The van der Waals surface area contributed by atoms with Gasteiger partial charge in [0.15, 0.2) is 0 Å². The molecule has 1 amide bonds. The summed E-state index contributed by atoms with van der Waals surface area (Å²) >= 11 is 0. The van der Waals surface area contributed by atoms with Crippen LogP contribution in [0.1, 0.15) is 29.8 Å². The summed E-state index contributed by atoms with van der Waals surface area (Å²) < 4.78 is 10.8. The number of carbonyl (C=O) groups excluding carboxylic acids is 1. The van der Waals surface area contributed by atoms with Gasteiger partial charge in [0, 0.05) is 37.4 Å².